The Labute approximate surface area is 93.9 Å². The van der Waals surface area contributed by atoms with Gasteiger partial charge < -0.3 is 5.32 Å². The first-order valence-corrected chi connectivity index (χ1v) is 7.74. The molecule has 1 fully saturated rings. The molecule has 0 radical (unpaired) electrons. The van der Waals surface area contributed by atoms with Gasteiger partial charge in [0, 0.05) is 6.92 Å². The lowest BCUT2D eigenvalue weighted by molar-refractivity contribution is -0.120. The van der Waals surface area contributed by atoms with E-state index in [1.54, 1.807) is 0 Å². The third kappa shape index (κ3) is 2.71. The SMILES string of the molecule is CC(=O)NC1(C)CS(=O)(=O)CC1S(=O)(=O)O. The quantitative estimate of drug-likeness (QED) is 0.594. The molecular weight excluding hydrogens is 258 g/mol. The van der Waals surface area contributed by atoms with Gasteiger partial charge in [-0.25, -0.2) is 8.42 Å². The van der Waals surface area contributed by atoms with E-state index in [1.165, 1.54) is 6.92 Å². The Morgan fingerprint density at radius 1 is 1.50 bits per heavy atom. The summed E-state index contributed by atoms with van der Waals surface area (Å²) in [7, 11) is -8.11. The molecule has 1 heterocycles. The number of hydrogen-bond acceptors (Lipinski definition) is 5. The summed E-state index contributed by atoms with van der Waals surface area (Å²) in [6.07, 6.45) is 0. The van der Waals surface area contributed by atoms with Gasteiger partial charge in [0.1, 0.15) is 5.25 Å². The van der Waals surface area contributed by atoms with E-state index in [2.05, 4.69) is 5.32 Å². The van der Waals surface area contributed by atoms with E-state index in [0.717, 1.165) is 6.92 Å². The van der Waals surface area contributed by atoms with Gasteiger partial charge in [0.25, 0.3) is 10.1 Å². The van der Waals surface area contributed by atoms with Gasteiger partial charge in [-0.05, 0) is 6.92 Å². The molecule has 2 unspecified atom stereocenters. The van der Waals surface area contributed by atoms with Crippen LogP contribution in [0.15, 0.2) is 0 Å². The average molecular weight is 271 g/mol. The molecule has 1 aliphatic heterocycles. The summed E-state index contributed by atoms with van der Waals surface area (Å²) >= 11 is 0. The molecule has 0 saturated carbocycles. The summed E-state index contributed by atoms with van der Waals surface area (Å²) in [5.41, 5.74) is -1.47. The summed E-state index contributed by atoms with van der Waals surface area (Å²) in [5.74, 6) is -1.72. The number of amides is 1. The second-order valence-electron chi connectivity index (χ2n) is 4.16. The van der Waals surface area contributed by atoms with E-state index in [0.29, 0.717) is 0 Å². The number of nitrogens with one attached hydrogen (secondary N) is 1. The van der Waals surface area contributed by atoms with Gasteiger partial charge in [0.2, 0.25) is 5.91 Å². The zero-order valence-corrected chi connectivity index (χ0v) is 10.4. The number of sulfone groups is 1. The Kier molecular flexibility index (Phi) is 3.07. The number of carbonyl (C=O) groups is 1. The molecule has 1 rings (SSSR count). The molecule has 16 heavy (non-hydrogen) atoms. The van der Waals surface area contributed by atoms with Crippen LogP contribution in [0.5, 0.6) is 0 Å². The fourth-order valence-electron chi connectivity index (χ4n) is 1.96. The molecule has 1 amide bonds. The van der Waals surface area contributed by atoms with Gasteiger partial charge in [-0.15, -0.1) is 0 Å². The highest BCUT2D eigenvalue weighted by atomic mass is 32.2. The first kappa shape index (κ1) is 13.4. The van der Waals surface area contributed by atoms with Crippen LogP contribution >= 0.6 is 0 Å². The number of hydrogen-bond donors (Lipinski definition) is 2. The van der Waals surface area contributed by atoms with Crippen molar-refractivity contribution in [2.24, 2.45) is 0 Å². The Morgan fingerprint density at radius 2 is 2.00 bits per heavy atom. The van der Waals surface area contributed by atoms with Gasteiger partial charge in [-0.1, -0.05) is 0 Å². The van der Waals surface area contributed by atoms with Crippen LogP contribution in [0.4, 0.5) is 0 Å². The Balaban J connectivity index is 3.21. The van der Waals surface area contributed by atoms with Crippen molar-refractivity contribution in [1.29, 1.82) is 0 Å². The molecule has 2 N–H and O–H groups in total. The fraction of sp³-hybridized carbons (Fsp3) is 0.857. The van der Waals surface area contributed by atoms with Crippen molar-refractivity contribution in [2.45, 2.75) is 24.6 Å². The molecule has 2 atom stereocenters. The zero-order valence-electron chi connectivity index (χ0n) is 8.80. The topological polar surface area (TPSA) is 118 Å². The molecule has 0 bridgehead atoms. The van der Waals surface area contributed by atoms with Gasteiger partial charge in [0.15, 0.2) is 9.84 Å². The zero-order chi connectivity index (χ0) is 12.8. The summed E-state index contributed by atoms with van der Waals surface area (Å²) in [6.45, 7) is 2.44. The third-order valence-corrected chi connectivity index (χ3v) is 5.95. The molecule has 9 heteroatoms. The van der Waals surface area contributed by atoms with Crippen molar-refractivity contribution in [2.75, 3.05) is 11.5 Å². The lowest BCUT2D eigenvalue weighted by atomic mass is 10.0. The van der Waals surface area contributed by atoms with Crippen molar-refractivity contribution in [1.82, 2.24) is 5.32 Å². The van der Waals surface area contributed by atoms with Gasteiger partial charge in [-0.3, -0.25) is 9.35 Å². The van der Waals surface area contributed by atoms with Crippen molar-refractivity contribution in [3.8, 4) is 0 Å². The summed E-state index contributed by atoms with van der Waals surface area (Å²) in [5, 5.41) is 0.754. The highest BCUT2D eigenvalue weighted by molar-refractivity contribution is 7.94. The van der Waals surface area contributed by atoms with Crippen LogP contribution in [0.3, 0.4) is 0 Å². The van der Waals surface area contributed by atoms with Crippen LogP contribution in [0.1, 0.15) is 13.8 Å². The lowest BCUT2D eigenvalue weighted by Crippen LogP contribution is -2.56. The monoisotopic (exact) mass is 271 g/mol. The van der Waals surface area contributed by atoms with Crippen LogP contribution in [0.25, 0.3) is 0 Å². The normalized spacial score (nSPS) is 33.6. The number of rotatable bonds is 2. The van der Waals surface area contributed by atoms with Crippen molar-refractivity contribution in [3.63, 3.8) is 0 Å². The average Bonchev–Trinajstić information content (AvgIpc) is 2.17. The second-order valence-corrected chi connectivity index (χ2v) is 7.86. The minimum atomic E-state index is -4.52. The third-order valence-electron chi connectivity index (χ3n) is 2.46. The second kappa shape index (κ2) is 3.67. The molecule has 1 aliphatic rings. The van der Waals surface area contributed by atoms with Crippen molar-refractivity contribution in [3.05, 3.63) is 0 Å². The van der Waals surface area contributed by atoms with Crippen molar-refractivity contribution >= 4 is 25.9 Å². The minimum Gasteiger partial charge on any atom is -0.349 e. The molecule has 0 aromatic rings. The first-order valence-electron chi connectivity index (χ1n) is 4.42. The van der Waals surface area contributed by atoms with E-state index in [9.17, 15) is 21.6 Å². The minimum absolute atomic E-state index is 0.496. The Morgan fingerprint density at radius 3 is 2.38 bits per heavy atom. The maximum atomic E-state index is 11.4. The van der Waals surface area contributed by atoms with E-state index in [-0.39, 0.29) is 0 Å². The van der Waals surface area contributed by atoms with Gasteiger partial charge >= 0.3 is 0 Å². The molecular formula is C7H13NO6S2. The van der Waals surface area contributed by atoms with Crippen LogP contribution < -0.4 is 5.32 Å². The molecule has 7 nitrogen and oxygen atoms in total. The molecule has 1 saturated heterocycles. The van der Waals surface area contributed by atoms with E-state index < -0.39 is 48.2 Å². The van der Waals surface area contributed by atoms with E-state index in [1.807, 2.05) is 0 Å². The Hall–Kier alpha value is -0.670. The number of carbonyl (C=O) groups excluding carboxylic acids is 1. The van der Waals surface area contributed by atoms with E-state index >= 15 is 0 Å². The fourth-order valence-corrected chi connectivity index (χ4v) is 6.31. The maximum Gasteiger partial charge on any atom is 0.271 e. The highest BCUT2D eigenvalue weighted by Crippen LogP contribution is 2.28. The van der Waals surface area contributed by atoms with Crippen molar-refractivity contribution < 1.29 is 26.2 Å². The summed E-state index contributed by atoms with van der Waals surface area (Å²) in [4.78, 5) is 10.9. The standard InChI is InChI=1S/C7H13NO6S2/c1-5(9)8-7(2)4-15(10,11)3-6(7)16(12,13)14/h6H,3-4H2,1-2H3,(H,8,9)(H,12,13,14). The predicted molar refractivity (Wildman–Crippen MR) is 56.2 cm³/mol. The van der Waals surface area contributed by atoms with Crippen LogP contribution in [-0.4, -0.2) is 49.6 Å². The first-order chi connectivity index (χ1) is 6.96. The lowest BCUT2D eigenvalue weighted by Gasteiger charge is -2.28. The molecule has 0 aliphatic carbocycles. The van der Waals surface area contributed by atoms with Crippen LogP contribution in [0.2, 0.25) is 0 Å². The predicted octanol–water partition coefficient (Wildman–Crippen LogP) is -1.43. The Bertz CT molecular complexity index is 507. The van der Waals surface area contributed by atoms with Gasteiger partial charge in [0.05, 0.1) is 17.0 Å². The van der Waals surface area contributed by atoms with E-state index in [4.69, 9.17) is 4.55 Å². The van der Waals surface area contributed by atoms with Crippen LogP contribution in [0, 0.1) is 0 Å². The summed E-state index contributed by atoms with van der Waals surface area (Å²) in [6, 6.07) is 0. The highest BCUT2D eigenvalue weighted by Gasteiger charge is 2.53. The molecule has 94 valence electrons. The molecule has 0 aromatic heterocycles. The largest absolute Gasteiger partial charge is 0.349 e. The summed E-state index contributed by atoms with van der Waals surface area (Å²) < 4.78 is 53.8. The van der Waals surface area contributed by atoms with Gasteiger partial charge in [-0.2, -0.15) is 8.42 Å². The maximum absolute atomic E-state index is 11.4. The van der Waals surface area contributed by atoms with Crippen LogP contribution in [-0.2, 0) is 24.7 Å². The smallest absolute Gasteiger partial charge is 0.271 e. The molecule has 0 aromatic carbocycles. The molecule has 0 spiro atoms.